The van der Waals surface area contributed by atoms with Gasteiger partial charge >= 0.3 is 0 Å². The van der Waals surface area contributed by atoms with Gasteiger partial charge in [0.25, 0.3) is 5.92 Å². The molecule has 0 bridgehead atoms. The van der Waals surface area contributed by atoms with Crippen LogP contribution in [0.3, 0.4) is 0 Å². The van der Waals surface area contributed by atoms with Gasteiger partial charge < -0.3 is 0 Å². The first-order chi connectivity index (χ1) is 7.09. The van der Waals surface area contributed by atoms with Crippen LogP contribution in [0, 0.1) is 5.92 Å². The fourth-order valence-electron chi connectivity index (χ4n) is 2.02. The molecule has 1 heterocycles. The molecule has 2 rings (SSSR count). The zero-order chi connectivity index (χ0) is 10.9. The normalized spacial score (nSPS) is 24.3. The Labute approximate surface area is 91.1 Å². The number of hydrogen-bond donors (Lipinski definition) is 0. The van der Waals surface area contributed by atoms with Gasteiger partial charge in [0, 0.05) is 29.7 Å². The Morgan fingerprint density at radius 3 is 2.93 bits per heavy atom. The second kappa shape index (κ2) is 4.00. The highest BCUT2D eigenvalue weighted by molar-refractivity contribution is 7.08. The maximum absolute atomic E-state index is 13.3. The lowest BCUT2D eigenvalue weighted by molar-refractivity contribution is -0.0370. The maximum atomic E-state index is 13.3. The first kappa shape index (κ1) is 10.7. The number of carbonyl (C=O) groups is 1. The van der Waals surface area contributed by atoms with Gasteiger partial charge in [-0.05, 0) is 24.3 Å². The minimum atomic E-state index is -2.63. The Morgan fingerprint density at radius 1 is 1.60 bits per heavy atom. The van der Waals surface area contributed by atoms with Gasteiger partial charge in [-0.1, -0.05) is 0 Å². The number of carbonyl (C=O) groups excluding carboxylic acids is 1. The summed E-state index contributed by atoms with van der Waals surface area (Å²) in [5.74, 6) is -3.53. The van der Waals surface area contributed by atoms with E-state index in [0.29, 0.717) is 18.4 Å². The molecule has 0 amide bonds. The fraction of sp³-hybridized carbons (Fsp3) is 0.545. The van der Waals surface area contributed by atoms with E-state index in [1.165, 1.54) is 11.3 Å². The third-order valence-corrected chi connectivity index (χ3v) is 3.62. The van der Waals surface area contributed by atoms with Crippen molar-refractivity contribution in [1.82, 2.24) is 0 Å². The van der Waals surface area contributed by atoms with Crippen molar-refractivity contribution in [3.8, 4) is 0 Å². The van der Waals surface area contributed by atoms with Gasteiger partial charge in [0.1, 0.15) is 0 Å². The molecule has 0 aliphatic heterocycles. The van der Waals surface area contributed by atoms with Crippen molar-refractivity contribution in [3.05, 3.63) is 22.4 Å². The van der Waals surface area contributed by atoms with E-state index in [2.05, 4.69) is 0 Å². The van der Waals surface area contributed by atoms with Crippen LogP contribution in [0.5, 0.6) is 0 Å². The Balaban J connectivity index is 2.01. The monoisotopic (exact) mass is 230 g/mol. The molecule has 15 heavy (non-hydrogen) atoms. The molecule has 1 unspecified atom stereocenters. The van der Waals surface area contributed by atoms with Gasteiger partial charge in [-0.3, -0.25) is 4.79 Å². The van der Waals surface area contributed by atoms with Gasteiger partial charge in [0.15, 0.2) is 5.78 Å². The van der Waals surface area contributed by atoms with Crippen molar-refractivity contribution in [1.29, 1.82) is 0 Å². The van der Waals surface area contributed by atoms with Crippen LogP contribution in [0.25, 0.3) is 0 Å². The Kier molecular flexibility index (Phi) is 2.87. The number of rotatable bonds is 3. The van der Waals surface area contributed by atoms with Crippen LogP contribution in [0.2, 0.25) is 0 Å². The van der Waals surface area contributed by atoms with Crippen molar-refractivity contribution >= 4 is 17.1 Å². The molecular weight excluding hydrogens is 218 g/mol. The van der Waals surface area contributed by atoms with Crippen LogP contribution in [0.1, 0.15) is 36.0 Å². The topological polar surface area (TPSA) is 17.1 Å². The van der Waals surface area contributed by atoms with Crippen LogP contribution >= 0.6 is 11.3 Å². The van der Waals surface area contributed by atoms with E-state index < -0.39 is 11.8 Å². The number of thiophene rings is 1. The molecule has 0 aromatic carbocycles. The van der Waals surface area contributed by atoms with E-state index in [1.54, 1.807) is 16.8 Å². The van der Waals surface area contributed by atoms with Crippen LogP contribution < -0.4 is 0 Å². The molecule has 4 heteroatoms. The van der Waals surface area contributed by atoms with Crippen LogP contribution in [-0.4, -0.2) is 11.7 Å². The molecule has 1 nitrogen and oxygen atoms in total. The highest BCUT2D eigenvalue weighted by Gasteiger charge is 2.44. The molecule has 0 radical (unpaired) electrons. The predicted molar refractivity (Wildman–Crippen MR) is 55.6 cm³/mol. The average Bonchev–Trinajstić information content (AvgIpc) is 2.76. The second-order valence-electron chi connectivity index (χ2n) is 3.99. The second-order valence-corrected chi connectivity index (χ2v) is 4.77. The predicted octanol–water partition coefficient (Wildman–Crippen LogP) is 3.76. The summed E-state index contributed by atoms with van der Waals surface area (Å²) in [6, 6.07) is 1.69. The van der Waals surface area contributed by atoms with E-state index in [0.717, 1.165) is 0 Å². The minimum absolute atomic E-state index is 0.0102. The lowest BCUT2D eigenvalue weighted by Gasteiger charge is -2.17. The molecule has 82 valence electrons. The summed E-state index contributed by atoms with van der Waals surface area (Å²) >= 11 is 1.42. The van der Waals surface area contributed by atoms with Gasteiger partial charge in [0.05, 0.1) is 0 Å². The summed E-state index contributed by atoms with van der Waals surface area (Å²) in [6.07, 6.45) is 0.940. The SMILES string of the molecule is O=C(CC1CCCC1(F)F)c1ccsc1. The largest absolute Gasteiger partial charge is 0.294 e. The summed E-state index contributed by atoms with van der Waals surface area (Å²) in [4.78, 5) is 11.6. The Morgan fingerprint density at radius 2 is 2.40 bits per heavy atom. The van der Waals surface area contributed by atoms with Crippen LogP contribution in [-0.2, 0) is 0 Å². The van der Waals surface area contributed by atoms with Crippen molar-refractivity contribution in [3.63, 3.8) is 0 Å². The van der Waals surface area contributed by atoms with Gasteiger partial charge in [0.2, 0.25) is 0 Å². The molecule has 0 spiro atoms. The van der Waals surface area contributed by atoms with Crippen molar-refractivity contribution < 1.29 is 13.6 Å². The number of ketones is 1. The van der Waals surface area contributed by atoms with E-state index in [9.17, 15) is 13.6 Å². The van der Waals surface area contributed by atoms with Gasteiger partial charge in [-0.2, -0.15) is 11.3 Å². The van der Waals surface area contributed by atoms with E-state index in [1.807, 2.05) is 0 Å². The van der Waals surface area contributed by atoms with Gasteiger partial charge in [-0.15, -0.1) is 0 Å². The first-order valence-corrected chi connectivity index (χ1v) is 5.97. The summed E-state index contributed by atoms with van der Waals surface area (Å²) < 4.78 is 26.5. The molecule has 1 aromatic heterocycles. The molecule has 0 N–H and O–H groups in total. The molecule has 1 aliphatic rings. The Hall–Kier alpha value is -0.770. The van der Waals surface area contributed by atoms with Crippen molar-refractivity contribution in [2.75, 3.05) is 0 Å². The van der Waals surface area contributed by atoms with E-state index in [-0.39, 0.29) is 18.6 Å². The molecule has 1 aromatic rings. The maximum Gasteiger partial charge on any atom is 0.251 e. The molecule has 1 atom stereocenters. The zero-order valence-corrected chi connectivity index (χ0v) is 9.03. The fourth-order valence-corrected chi connectivity index (χ4v) is 2.68. The number of hydrogen-bond acceptors (Lipinski definition) is 2. The van der Waals surface area contributed by atoms with Crippen LogP contribution in [0.4, 0.5) is 8.78 Å². The van der Waals surface area contributed by atoms with Crippen molar-refractivity contribution in [2.45, 2.75) is 31.6 Å². The molecular formula is C11H12F2OS. The molecule has 1 aliphatic carbocycles. The summed E-state index contributed by atoms with van der Waals surface area (Å²) in [7, 11) is 0. The highest BCUT2D eigenvalue weighted by atomic mass is 32.1. The average molecular weight is 230 g/mol. The quantitative estimate of drug-likeness (QED) is 0.723. The highest BCUT2D eigenvalue weighted by Crippen LogP contribution is 2.42. The van der Waals surface area contributed by atoms with Gasteiger partial charge in [-0.25, -0.2) is 8.78 Å². The Bertz CT molecular complexity index is 345. The summed E-state index contributed by atoms with van der Waals surface area (Å²) in [6.45, 7) is 0. The standard InChI is InChI=1S/C11H12F2OS/c12-11(13)4-1-2-9(11)6-10(14)8-3-5-15-7-8/h3,5,7,9H,1-2,4,6H2. The number of Topliss-reactive ketones (excluding diaryl/α,β-unsaturated/α-hetero) is 1. The smallest absolute Gasteiger partial charge is 0.251 e. The van der Waals surface area contributed by atoms with Crippen molar-refractivity contribution in [2.24, 2.45) is 5.92 Å². The lowest BCUT2D eigenvalue weighted by atomic mass is 9.96. The molecule has 1 fully saturated rings. The van der Waals surface area contributed by atoms with E-state index >= 15 is 0 Å². The third kappa shape index (κ3) is 2.25. The van der Waals surface area contributed by atoms with Crippen LogP contribution in [0.15, 0.2) is 16.8 Å². The lowest BCUT2D eigenvalue weighted by Crippen LogP contribution is -2.24. The summed E-state index contributed by atoms with van der Waals surface area (Å²) in [5, 5.41) is 3.51. The van der Waals surface area contributed by atoms with E-state index in [4.69, 9.17) is 0 Å². The molecule has 0 saturated heterocycles. The minimum Gasteiger partial charge on any atom is -0.294 e. The first-order valence-electron chi connectivity index (χ1n) is 5.03. The number of alkyl halides is 2. The number of halogens is 2. The zero-order valence-electron chi connectivity index (χ0n) is 8.21. The third-order valence-electron chi connectivity index (χ3n) is 2.93. The molecule has 1 saturated carbocycles. The summed E-state index contributed by atoms with van der Waals surface area (Å²) in [5.41, 5.74) is 0.572.